The van der Waals surface area contributed by atoms with Gasteiger partial charge in [-0.2, -0.15) is 0 Å². The van der Waals surface area contributed by atoms with Gasteiger partial charge in [0.1, 0.15) is 24.4 Å². The first-order valence-electron chi connectivity index (χ1n) is 6.61. The fourth-order valence-electron chi connectivity index (χ4n) is 1.71. The van der Waals surface area contributed by atoms with Crippen molar-refractivity contribution in [2.24, 2.45) is 0 Å². The van der Waals surface area contributed by atoms with E-state index in [9.17, 15) is 25.2 Å². The van der Waals surface area contributed by atoms with Gasteiger partial charge in [-0.05, 0) is 5.56 Å². The molecular formula is C14H20O8. The van der Waals surface area contributed by atoms with Crippen LogP contribution in [0.1, 0.15) is 5.56 Å². The lowest BCUT2D eigenvalue weighted by Crippen LogP contribution is -2.51. The van der Waals surface area contributed by atoms with Crippen molar-refractivity contribution in [2.45, 2.75) is 37.1 Å². The van der Waals surface area contributed by atoms with Crippen LogP contribution in [0.2, 0.25) is 0 Å². The van der Waals surface area contributed by atoms with E-state index in [1.54, 1.807) is 30.3 Å². The van der Waals surface area contributed by atoms with Gasteiger partial charge in [0.15, 0.2) is 0 Å². The quantitative estimate of drug-likeness (QED) is 0.228. The molecule has 0 aliphatic rings. The summed E-state index contributed by atoms with van der Waals surface area (Å²) in [7, 11) is 0. The third-order valence-electron chi connectivity index (χ3n) is 3.02. The van der Waals surface area contributed by atoms with Gasteiger partial charge in [-0.3, -0.25) is 4.79 Å². The fraction of sp³-hybridized carbons (Fsp3) is 0.500. The maximum atomic E-state index is 11.6. The lowest BCUT2D eigenvalue weighted by Gasteiger charge is -2.28. The molecule has 8 nitrogen and oxygen atoms in total. The smallest absolute Gasteiger partial charge is 0.312 e. The normalized spacial score (nSPS) is 18.1. The van der Waals surface area contributed by atoms with Gasteiger partial charge in [-0.1, -0.05) is 30.3 Å². The number of aliphatic hydroxyl groups excluding tert-OH is 6. The molecule has 0 aromatic heterocycles. The molecule has 1 aromatic carbocycles. The van der Waals surface area contributed by atoms with Crippen LogP contribution in [0.4, 0.5) is 0 Å². The van der Waals surface area contributed by atoms with Crippen LogP contribution >= 0.6 is 0 Å². The van der Waals surface area contributed by atoms with E-state index in [2.05, 4.69) is 4.74 Å². The molecule has 6 N–H and O–H groups in total. The Morgan fingerprint density at radius 3 is 2.09 bits per heavy atom. The molecule has 0 heterocycles. The molecule has 0 fully saturated rings. The molecule has 8 heteroatoms. The Balaban J connectivity index is 2.52. The van der Waals surface area contributed by atoms with Gasteiger partial charge in [0.05, 0.1) is 13.0 Å². The van der Waals surface area contributed by atoms with Crippen molar-refractivity contribution >= 4 is 5.97 Å². The SMILES string of the molecule is O=C(Cc1ccccc1)OC(O)[C@@H](O)[C@@H](O)[C@H](O)[C@H](O)CO. The van der Waals surface area contributed by atoms with Crippen molar-refractivity contribution in [2.75, 3.05) is 6.61 Å². The number of aliphatic hydroxyl groups is 6. The van der Waals surface area contributed by atoms with E-state index < -0.39 is 43.3 Å². The fourth-order valence-corrected chi connectivity index (χ4v) is 1.71. The molecule has 1 unspecified atom stereocenters. The number of ether oxygens (including phenoxy) is 1. The topological polar surface area (TPSA) is 148 Å². The lowest BCUT2D eigenvalue weighted by molar-refractivity contribution is -0.213. The highest BCUT2D eigenvalue weighted by atomic mass is 16.6. The second-order valence-corrected chi connectivity index (χ2v) is 4.76. The van der Waals surface area contributed by atoms with Crippen LogP contribution < -0.4 is 0 Å². The first-order valence-corrected chi connectivity index (χ1v) is 6.61. The summed E-state index contributed by atoms with van der Waals surface area (Å²) in [6.45, 7) is -0.852. The van der Waals surface area contributed by atoms with Gasteiger partial charge in [0.25, 0.3) is 0 Å². The highest BCUT2D eigenvalue weighted by Crippen LogP contribution is 2.10. The average molecular weight is 316 g/mol. The highest BCUT2D eigenvalue weighted by Gasteiger charge is 2.35. The van der Waals surface area contributed by atoms with E-state index in [-0.39, 0.29) is 6.42 Å². The molecule has 0 bridgehead atoms. The predicted molar refractivity (Wildman–Crippen MR) is 73.4 cm³/mol. The standard InChI is InChI=1S/C14H20O8/c15-7-9(16)11(18)12(19)13(20)14(21)22-10(17)6-8-4-2-1-3-5-8/h1-5,9,11-16,18-21H,6-7H2/t9-,11-,12+,13+,14?/m1/s1. The summed E-state index contributed by atoms with van der Waals surface area (Å²) in [5.74, 6) is -0.845. The molecule has 1 rings (SSSR count). The molecule has 0 aliphatic carbocycles. The van der Waals surface area contributed by atoms with Crippen molar-refractivity contribution in [3.8, 4) is 0 Å². The molecule has 0 radical (unpaired) electrons. The van der Waals surface area contributed by atoms with Crippen molar-refractivity contribution < 1.29 is 40.2 Å². The Bertz CT molecular complexity index is 451. The number of hydrogen-bond donors (Lipinski definition) is 6. The summed E-state index contributed by atoms with van der Waals surface area (Å²) in [6.07, 6.45) is -9.92. The summed E-state index contributed by atoms with van der Waals surface area (Å²) in [5, 5.41) is 55.8. The number of hydrogen-bond acceptors (Lipinski definition) is 8. The number of carbonyl (C=O) groups is 1. The molecule has 0 aliphatic heterocycles. The summed E-state index contributed by atoms with van der Waals surface area (Å²) in [6, 6.07) is 8.52. The first-order chi connectivity index (χ1) is 10.4. The van der Waals surface area contributed by atoms with Crippen LogP contribution in [0.25, 0.3) is 0 Å². The monoisotopic (exact) mass is 316 g/mol. The Hall–Kier alpha value is -1.55. The maximum Gasteiger partial charge on any atom is 0.312 e. The van der Waals surface area contributed by atoms with Gasteiger partial charge >= 0.3 is 5.97 Å². The Morgan fingerprint density at radius 1 is 0.955 bits per heavy atom. The summed E-state index contributed by atoms with van der Waals surface area (Å²) in [4.78, 5) is 11.6. The third-order valence-corrected chi connectivity index (χ3v) is 3.02. The van der Waals surface area contributed by atoms with Crippen LogP contribution in [0.5, 0.6) is 0 Å². The van der Waals surface area contributed by atoms with Gasteiger partial charge in [-0.15, -0.1) is 0 Å². The van der Waals surface area contributed by atoms with Crippen molar-refractivity contribution in [1.82, 2.24) is 0 Å². The van der Waals surface area contributed by atoms with Crippen molar-refractivity contribution in [3.05, 3.63) is 35.9 Å². The van der Waals surface area contributed by atoms with Crippen LogP contribution in [-0.2, 0) is 16.0 Å². The number of rotatable bonds is 8. The van der Waals surface area contributed by atoms with Crippen molar-refractivity contribution in [1.29, 1.82) is 0 Å². The molecule has 124 valence electrons. The van der Waals surface area contributed by atoms with E-state index in [0.717, 1.165) is 0 Å². The van der Waals surface area contributed by atoms with Gasteiger partial charge in [0.2, 0.25) is 6.29 Å². The molecule has 0 saturated carbocycles. The van der Waals surface area contributed by atoms with E-state index >= 15 is 0 Å². The largest absolute Gasteiger partial charge is 0.433 e. The zero-order valence-corrected chi connectivity index (χ0v) is 11.7. The first kappa shape index (κ1) is 18.5. The predicted octanol–water partition coefficient (Wildman–Crippen LogP) is -2.47. The molecule has 22 heavy (non-hydrogen) atoms. The zero-order valence-electron chi connectivity index (χ0n) is 11.7. The third kappa shape index (κ3) is 5.34. The van der Waals surface area contributed by atoms with E-state index in [1.165, 1.54) is 0 Å². The van der Waals surface area contributed by atoms with E-state index in [4.69, 9.17) is 10.2 Å². The minimum absolute atomic E-state index is 0.150. The molecule has 0 spiro atoms. The number of benzene rings is 1. The maximum absolute atomic E-state index is 11.6. The van der Waals surface area contributed by atoms with Crippen LogP contribution in [0, 0.1) is 0 Å². The minimum atomic E-state index is -2.09. The van der Waals surface area contributed by atoms with Crippen LogP contribution in [0.3, 0.4) is 0 Å². The molecule has 5 atom stereocenters. The summed E-state index contributed by atoms with van der Waals surface area (Å²) < 4.78 is 4.55. The second-order valence-electron chi connectivity index (χ2n) is 4.76. The molecule has 0 amide bonds. The molecule has 0 saturated heterocycles. The van der Waals surface area contributed by atoms with Gasteiger partial charge in [0, 0.05) is 0 Å². The average Bonchev–Trinajstić information content (AvgIpc) is 2.52. The minimum Gasteiger partial charge on any atom is -0.433 e. The molecule has 1 aromatic rings. The van der Waals surface area contributed by atoms with Crippen molar-refractivity contribution in [3.63, 3.8) is 0 Å². The number of carbonyl (C=O) groups excluding carboxylic acids is 1. The lowest BCUT2D eigenvalue weighted by atomic mass is 10.0. The van der Waals surface area contributed by atoms with Crippen LogP contribution in [-0.4, -0.2) is 73.9 Å². The van der Waals surface area contributed by atoms with E-state index in [0.29, 0.717) is 5.56 Å². The Morgan fingerprint density at radius 2 is 1.55 bits per heavy atom. The number of esters is 1. The summed E-state index contributed by atoms with van der Waals surface area (Å²) >= 11 is 0. The zero-order chi connectivity index (χ0) is 16.7. The van der Waals surface area contributed by atoms with Crippen LogP contribution in [0.15, 0.2) is 30.3 Å². The summed E-state index contributed by atoms with van der Waals surface area (Å²) in [5.41, 5.74) is 0.630. The molecular weight excluding hydrogens is 296 g/mol. The van der Waals surface area contributed by atoms with E-state index in [1.807, 2.05) is 0 Å². The highest BCUT2D eigenvalue weighted by molar-refractivity contribution is 5.72. The van der Waals surface area contributed by atoms with Gasteiger partial charge in [-0.25, -0.2) is 0 Å². The second kappa shape index (κ2) is 8.79. The van der Waals surface area contributed by atoms with Gasteiger partial charge < -0.3 is 35.4 Å². The Labute approximate surface area is 126 Å². The Kier molecular flexibility index (Phi) is 7.39.